The monoisotopic (exact) mass is 210 g/mol. The van der Waals surface area contributed by atoms with Gasteiger partial charge in [-0.05, 0) is 45.2 Å². The van der Waals surface area contributed by atoms with Crippen molar-refractivity contribution < 1.29 is 4.39 Å². The number of nitrogens with one attached hydrogen (secondary N) is 1. The minimum Gasteiger partial charge on any atom is -0.370 e. The Labute approximate surface area is 91.1 Å². The molecule has 0 radical (unpaired) electrons. The van der Waals surface area contributed by atoms with Crippen molar-refractivity contribution >= 4 is 5.69 Å². The van der Waals surface area contributed by atoms with Crippen molar-refractivity contribution in [3.63, 3.8) is 0 Å². The maximum atomic E-state index is 12.8. The first-order valence-electron chi connectivity index (χ1n) is 5.35. The van der Waals surface area contributed by atoms with Gasteiger partial charge in [-0.3, -0.25) is 0 Å². The summed E-state index contributed by atoms with van der Waals surface area (Å²) in [6.07, 6.45) is 0. The molecule has 0 aliphatic heterocycles. The van der Waals surface area contributed by atoms with Crippen molar-refractivity contribution in [3.05, 3.63) is 30.1 Å². The Kier molecular flexibility index (Phi) is 4.56. The second kappa shape index (κ2) is 5.71. The lowest BCUT2D eigenvalue weighted by atomic mass is 10.2. The van der Waals surface area contributed by atoms with Crippen LogP contribution in [0.1, 0.15) is 13.8 Å². The van der Waals surface area contributed by atoms with Gasteiger partial charge in [-0.25, -0.2) is 4.39 Å². The Balaban J connectivity index is 2.69. The van der Waals surface area contributed by atoms with E-state index in [0.29, 0.717) is 6.04 Å². The molecule has 1 atom stereocenters. The van der Waals surface area contributed by atoms with E-state index in [2.05, 4.69) is 24.1 Å². The molecule has 0 saturated heterocycles. The zero-order chi connectivity index (χ0) is 11.3. The molecule has 1 rings (SSSR count). The smallest absolute Gasteiger partial charge is 0.123 e. The number of benzene rings is 1. The molecule has 1 aromatic carbocycles. The highest BCUT2D eigenvalue weighted by atomic mass is 19.1. The highest BCUT2D eigenvalue weighted by Crippen LogP contribution is 2.14. The average Bonchev–Trinajstić information content (AvgIpc) is 2.27. The highest BCUT2D eigenvalue weighted by Gasteiger charge is 2.07. The maximum Gasteiger partial charge on any atom is 0.123 e. The van der Waals surface area contributed by atoms with Crippen molar-refractivity contribution in [2.45, 2.75) is 19.9 Å². The quantitative estimate of drug-likeness (QED) is 0.802. The van der Waals surface area contributed by atoms with Gasteiger partial charge in [0.1, 0.15) is 5.82 Å². The van der Waals surface area contributed by atoms with Crippen LogP contribution in [0.5, 0.6) is 0 Å². The molecule has 1 N–H and O–H groups in total. The Hall–Kier alpha value is -1.09. The van der Waals surface area contributed by atoms with Crippen molar-refractivity contribution in [3.8, 4) is 0 Å². The molecule has 84 valence electrons. The zero-order valence-corrected chi connectivity index (χ0v) is 9.63. The molecule has 0 aromatic heterocycles. The van der Waals surface area contributed by atoms with E-state index in [9.17, 15) is 4.39 Å². The second-order valence-corrected chi connectivity index (χ2v) is 3.70. The minimum absolute atomic E-state index is 0.184. The third-order valence-electron chi connectivity index (χ3n) is 2.56. The summed E-state index contributed by atoms with van der Waals surface area (Å²) >= 11 is 0. The van der Waals surface area contributed by atoms with Crippen molar-refractivity contribution in [1.29, 1.82) is 0 Å². The van der Waals surface area contributed by atoms with Gasteiger partial charge in [0.25, 0.3) is 0 Å². The number of halogens is 1. The van der Waals surface area contributed by atoms with Crippen LogP contribution in [-0.4, -0.2) is 26.2 Å². The summed E-state index contributed by atoms with van der Waals surface area (Å²) in [7, 11) is 1.95. The van der Waals surface area contributed by atoms with Crippen LogP contribution in [0.3, 0.4) is 0 Å². The van der Waals surface area contributed by atoms with Crippen LogP contribution in [0, 0.1) is 5.82 Å². The normalized spacial score (nSPS) is 12.5. The predicted octanol–water partition coefficient (Wildman–Crippen LogP) is 2.26. The third-order valence-corrected chi connectivity index (χ3v) is 2.56. The molecule has 0 aliphatic rings. The molecule has 0 saturated carbocycles. The van der Waals surface area contributed by atoms with Gasteiger partial charge in [-0.2, -0.15) is 0 Å². The fourth-order valence-electron chi connectivity index (χ4n) is 1.49. The molecule has 1 aromatic rings. The lowest BCUT2D eigenvalue weighted by molar-refractivity contribution is 0.590. The molecule has 0 spiro atoms. The summed E-state index contributed by atoms with van der Waals surface area (Å²) in [5.74, 6) is -0.184. The standard InChI is InChI=1S/C12H19FN2/c1-4-15(9-10(2)14-3)12-7-5-11(13)6-8-12/h5-8,10,14H,4,9H2,1-3H3. The van der Waals surface area contributed by atoms with E-state index >= 15 is 0 Å². The second-order valence-electron chi connectivity index (χ2n) is 3.70. The molecular formula is C12H19FN2. The van der Waals surface area contributed by atoms with Gasteiger partial charge in [0.05, 0.1) is 0 Å². The first kappa shape index (κ1) is 12.0. The van der Waals surface area contributed by atoms with Crippen LogP contribution in [0.25, 0.3) is 0 Å². The van der Waals surface area contributed by atoms with Gasteiger partial charge in [0.2, 0.25) is 0 Å². The molecule has 0 bridgehead atoms. The topological polar surface area (TPSA) is 15.3 Å². The number of hydrogen-bond acceptors (Lipinski definition) is 2. The molecule has 0 heterocycles. The van der Waals surface area contributed by atoms with E-state index in [-0.39, 0.29) is 5.82 Å². The summed E-state index contributed by atoms with van der Waals surface area (Å²) in [6.45, 7) is 6.09. The van der Waals surface area contributed by atoms with Crippen molar-refractivity contribution in [2.24, 2.45) is 0 Å². The van der Waals surface area contributed by atoms with E-state index in [1.807, 2.05) is 19.2 Å². The van der Waals surface area contributed by atoms with Crippen molar-refractivity contribution in [2.75, 3.05) is 25.0 Å². The third kappa shape index (κ3) is 3.51. The summed E-state index contributed by atoms with van der Waals surface area (Å²) in [5.41, 5.74) is 1.07. The molecule has 2 nitrogen and oxygen atoms in total. The molecular weight excluding hydrogens is 191 g/mol. The molecule has 0 aliphatic carbocycles. The fraction of sp³-hybridized carbons (Fsp3) is 0.500. The predicted molar refractivity (Wildman–Crippen MR) is 62.8 cm³/mol. The minimum atomic E-state index is -0.184. The van der Waals surface area contributed by atoms with Crippen LogP contribution < -0.4 is 10.2 Å². The Morgan fingerprint density at radius 1 is 1.33 bits per heavy atom. The Bertz CT molecular complexity index is 284. The summed E-state index contributed by atoms with van der Waals surface area (Å²) in [5, 5.41) is 3.20. The van der Waals surface area contributed by atoms with Crippen LogP contribution in [0.15, 0.2) is 24.3 Å². The van der Waals surface area contributed by atoms with Crippen LogP contribution in [-0.2, 0) is 0 Å². The van der Waals surface area contributed by atoms with Crippen LogP contribution in [0.4, 0.5) is 10.1 Å². The average molecular weight is 210 g/mol. The van der Waals surface area contributed by atoms with Gasteiger partial charge in [0, 0.05) is 24.8 Å². The van der Waals surface area contributed by atoms with E-state index in [0.717, 1.165) is 18.8 Å². The van der Waals surface area contributed by atoms with E-state index in [1.165, 1.54) is 12.1 Å². The number of hydrogen-bond donors (Lipinski definition) is 1. The number of likely N-dealkylation sites (N-methyl/N-ethyl adjacent to an activating group) is 2. The highest BCUT2D eigenvalue weighted by molar-refractivity contribution is 5.46. The molecule has 1 unspecified atom stereocenters. The van der Waals surface area contributed by atoms with Gasteiger partial charge < -0.3 is 10.2 Å². The first-order chi connectivity index (χ1) is 7.17. The fourth-order valence-corrected chi connectivity index (χ4v) is 1.49. The Morgan fingerprint density at radius 2 is 1.93 bits per heavy atom. The van der Waals surface area contributed by atoms with Crippen LogP contribution in [0.2, 0.25) is 0 Å². The molecule has 15 heavy (non-hydrogen) atoms. The van der Waals surface area contributed by atoms with Gasteiger partial charge in [-0.15, -0.1) is 0 Å². The lowest BCUT2D eigenvalue weighted by Gasteiger charge is -2.26. The van der Waals surface area contributed by atoms with Gasteiger partial charge in [-0.1, -0.05) is 0 Å². The first-order valence-corrected chi connectivity index (χ1v) is 5.35. The largest absolute Gasteiger partial charge is 0.370 e. The van der Waals surface area contributed by atoms with Gasteiger partial charge >= 0.3 is 0 Å². The van der Waals surface area contributed by atoms with Gasteiger partial charge in [0.15, 0.2) is 0 Å². The molecule has 0 fully saturated rings. The summed E-state index contributed by atoms with van der Waals surface area (Å²) in [4.78, 5) is 2.22. The Morgan fingerprint density at radius 3 is 2.40 bits per heavy atom. The van der Waals surface area contributed by atoms with E-state index in [1.54, 1.807) is 0 Å². The lowest BCUT2D eigenvalue weighted by Crippen LogP contribution is -2.37. The SMILES string of the molecule is CCN(CC(C)NC)c1ccc(F)cc1. The summed E-state index contributed by atoms with van der Waals surface area (Å²) < 4.78 is 12.8. The van der Waals surface area contributed by atoms with E-state index < -0.39 is 0 Å². The molecule has 0 amide bonds. The number of nitrogens with zero attached hydrogens (tertiary/aromatic N) is 1. The zero-order valence-electron chi connectivity index (χ0n) is 9.63. The van der Waals surface area contributed by atoms with Crippen molar-refractivity contribution in [1.82, 2.24) is 5.32 Å². The van der Waals surface area contributed by atoms with Crippen LogP contribution >= 0.6 is 0 Å². The number of anilines is 1. The van der Waals surface area contributed by atoms with E-state index in [4.69, 9.17) is 0 Å². The number of rotatable bonds is 5. The molecule has 3 heteroatoms. The summed E-state index contributed by atoms with van der Waals surface area (Å²) in [6, 6.07) is 7.07. The maximum absolute atomic E-state index is 12.8.